The standard InChI is InChI=1S/C27H28N2OS/c30-31(21-23-13-5-1-6-14-23)20-12-4-11-19-29-22-28-26(24-15-7-2-8-16-24)27(29)25-17-9-3-10-18-25/h1-3,5-10,13-18,22H,4,11-12,19-21H2. The van der Waals surface area contributed by atoms with Gasteiger partial charge in [0.25, 0.3) is 0 Å². The van der Waals surface area contributed by atoms with Crippen LogP contribution in [0.15, 0.2) is 97.3 Å². The highest BCUT2D eigenvalue weighted by Gasteiger charge is 2.14. The number of imidazole rings is 1. The zero-order valence-corrected chi connectivity index (χ0v) is 18.5. The summed E-state index contributed by atoms with van der Waals surface area (Å²) < 4.78 is 14.6. The van der Waals surface area contributed by atoms with Gasteiger partial charge in [-0.25, -0.2) is 4.98 Å². The average Bonchev–Trinajstić information content (AvgIpc) is 3.24. The topological polar surface area (TPSA) is 34.9 Å². The van der Waals surface area contributed by atoms with Crippen molar-refractivity contribution in [1.29, 1.82) is 0 Å². The first-order valence-electron chi connectivity index (χ1n) is 10.9. The molecule has 0 saturated heterocycles. The average molecular weight is 429 g/mol. The van der Waals surface area contributed by atoms with Crippen LogP contribution in [0.2, 0.25) is 0 Å². The molecule has 1 unspecified atom stereocenters. The molecule has 4 heteroatoms. The summed E-state index contributed by atoms with van der Waals surface area (Å²) in [6.45, 7) is 0.912. The Kier molecular flexibility index (Phi) is 7.46. The van der Waals surface area contributed by atoms with E-state index in [4.69, 9.17) is 4.98 Å². The van der Waals surface area contributed by atoms with E-state index in [1.807, 2.05) is 48.8 Å². The summed E-state index contributed by atoms with van der Waals surface area (Å²) in [4.78, 5) is 4.75. The lowest BCUT2D eigenvalue weighted by Gasteiger charge is -2.11. The van der Waals surface area contributed by atoms with Gasteiger partial charge in [0, 0.05) is 40.0 Å². The number of unbranched alkanes of at least 4 members (excludes halogenated alkanes) is 2. The molecule has 0 spiro atoms. The number of benzene rings is 3. The Bertz CT molecular complexity index is 1090. The fourth-order valence-corrected chi connectivity index (χ4v) is 5.05. The van der Waals surface area contributed by atoms with Crippen molar-refractivity contribution in [3.8, 4) is 22.5 Å². The lowest BCUT2D eigenvalue weighted by atomic mass is 10.0. The normalized spacial score (nSPS) is 12.0. The Morgan fingerprint density at radius 3 is 2.00 bits per heavy atom. The molecule has 0 radical (unpaired) electrons. The first-order chi connectivity index (χ1) is 15.3. The smallest absolute Gasteiger partial charge is 0.0963 e. The van der Waals surface area contributed by atoms with Crippen LogP contribution in [-0.4, -0.2) is 19.5 Å². The van der Waals surface area contributed by atoms with E-state index < -0.39 is 10.8 Å². The SMILES string of the molecule is O=S(CCCCCn1cnc(-c2ccccc2)c1-c1ccccc1)Cc1ccccc1. The summed E-state index contributed by atoms with van der Waals surface area (Å²) in [7, 11) is -0.793. The molecule has 3 aromatic carbocycles. The highest BCUT2D eigenvalue weighted by molar-refractivity contribution is 7.84. The van der Waals surface area contributed by atoms with Gasteiger partial charge in [-0.05, 0) is 18.4 Å². The van der Waals surface area contributed by atoms with Gasteiger partial charge in [0.15, 0.2) is 0 Å². The van der Waals surface area contributed by atoms with E-state index in [2.05, 4.69) is 53.1 Å². The second kappa shape index (κ2) is 10.9. The zero-order valence-electron chi connectivity index (χ0n) is 17.7. The summed E-state index contributed by atoms with van der Waals surface area (Å²) in [5.41, 5.74) is 5.66. The minimum absolute atomic E-state index is 0.654. The van der Waals surface area contributed by atoms with Gasteiger partial charge in [-0.1, -0.05) is 97.4 Å². The van der Waals surface area contributed by atoms with Crippen molar-refractivity contribution in [3.63, 3.8) is 0 Å². The van der Waals surface area contributed by atoms with Gasteiger partial charge in [0.1, 0.15) is 0 Å². The van der Waals surface area contributed by atoms with Gasteiger partial charge in [0.05, 0.1) is 17.7 Å². The van der Waals surface area contributed by atoms with E-state index in [-0.39, 0.29) is 0 Å². The van der Waals surface area contributed by atoms with Crippen molar-refractivity contribution in [3.05, 3.63) is 103 Å². The van der Waals surface area contributed by atoms with Crippen molar-refractivity contribution in [2.24, 2.45) is 0 Å². The monoisotopic (exact) mass is 428 g/mol. The maximum absolute atomic E-state index is 12.3. The highest BCUT2D eigenvalue weighted by atomic mass is 32.2. The largest absolute Gasteiger partial charge is 0.330 e. The fourth-order valence-electron chi connectivity index (χ4n) is 3.81. The molecule has 31 heavy (non-hydrogen) atoms. The van der Waals surface area contributed by atoms with Crippen LogP contribution in [0.3, 0.4) is 0 Å². The summed E-state index contributed by atoms with van der Waals surface area (Å²) in [6, 6.07) is 30.9. The fraction of sp³-hybridized carbons (Fsp3) is 0.222. The van der Waals surface area contributed by atoms with E-state index in [0.29, 0.717) is 5.75 Å². The molecular formula is C27H28N2OS. The Morgan fingerprint density at radius 1 is 0.710 bits per heavy atom. The van der Waals surface area contributed by atoms with Crippen LogP contribution in [0, 0.1) is 0 Å². The Balaban J connectivity index is 1.36. The van der Waals surface area contributed by atoms with E-state index in [9.17, 15) is 4.21 Å². The Labute approximate surface area is 187 Å². The van der Waals surface area contributed by atoms with Crippen LogP contribution >= 0.6 is 0 Å². The maximum atomic E-state index is 12.3. The van der Waals surface area contributed by atoms with Gasteiger partial charge in [-0.2, -0.15) is 0 Å². The van der Waals surface area contributed by atoms with Gasteiger partial charge >= 0.3 is 0 Å². The van der Waals surface area contributed by atoms with Crippen LogP contribution in [0.25, 0.3) is 22.5 Å². The van der Waals surface area contributed by atoms with Crippen LogP contribution in [0.4, 0.5) is 0 Å². The first kappa shape index (κ1) is 21.3. The van der Waals surface area contributed by atoms with Gasteiger partial charge in [-0.15, -0.1) is 0 Å². The molecule has 158 valence electrons. The molecule has 0 N–H and O–H groups in total. The van der Waals surface area contributed by atoms with E-state index in [1.54, 1.807) is 0 Å². The first-order valence-corrected chi connectivity index (χ1v) is 12.3. The molecule has 0 amide bonds. The van der Waals surface area contributed by atoms with E-state index in [1.165, 1.54) is 11.3 Å². The molecule has 0 saturated carbocycles. The molecule has 0 aliphatic rings. The van der Waals surface area contributed by atoms with Crippen molar-refractivity contribution < 1.29 is 4.21 Å². The number of hydrogen-bond donors (Lipinski definition) is 0. The van der Waals surface area contributed by atoms with Gasteiger partial charge < -0.3 is 4.57 Å². The molecule has 1 aromatic heterocycles. The number of nitrogens with zero attached hydrogens (tertiary/aromatic N) is 2. The molecule has 1 atom stereocenters. The minimum atomic E-state index is -0.793. The third-order valence-electron chi connectivity index (χ3n) is 5.37. The van der Waals surface area contributed by atoms with Crippen molar-refractivity contribution >= 4 is 10.8 Å². The zero-order chi connectivity index (χ0) is 21.3. The van der Waals surface area contributed by atoms with Gasteiger partial charge in [-0.3, -0.25) is 4.21 Å². The van der Waals surface area contributed by atoms with Crippen molar-refractivity contribution in [2.45, 2.75) is 31.6 Å². The molecule has 0 fully saturated rings. The summed E-state index contributed by atoms with van der Waals surface area (Å²) in [6.07, 6.45) is 5.05. The predicted molar refractivity (Wildman–Crippen MR) is 130 cm³/mol. The molecule has 0 aliphatic heterocycles. The minimum Gasteiger partial charge on any atom is -0.330 e. The summed E-state index contributed by atoms with van der Waals surface area (Å²) >= 11 is 0. The molecule has 0 aliphatic carbocycles. The molecule has 3 nitrogen and oxygen atoms in total. The molecular weight excluding hydrogens is 400 g/mol. The van der Waals surface area contributed by atoms with Gasteiger partial charge in [0.2, 0.25) is 0 Å². The number of aryl methyl sites for hydroxylation is 1. The number of aromatic nitrogens is 2. The number of hydrogen-bond acceptors (Lipinski definition) is 2. The lowest BCUT2D eigenvalue weighted by Crippen LogP contribution is -2.03. The summed E-state index contributed by atoms with van der Waals surface area (Å²) in [5, 5.41) is 0. The predicted octanol–water partition coefficient (Wildman–Crippen LogP) is 6.34. The van der Waals surface area contributed by atoms with Crippen LogP contribution in [0.1, 0.15) is 24.8 Å². The Morgan fingerprint density at radius 2 is 1.32 bits per heavy atom. The van der Waals surface area contributed by atoms with Crippen LogP contribution in [0.5, 0.6) is 0 Å². The molecule has 1 heterocycles. The summed E-state index contributed by atoms with van der Waals surface area (Å²) in [5.74, 6) is 1.42. The molecule has 4 aromatic rings. The third kappa shape index (κ3) is 5.80. The van der Waals surface area contributed by atoms with Crippen LogP contribution in [-0.2, 0) is 23.1 Å². The van der Waals surface area contributed by atoms with Crippen LogP contribution < -0.4 is 0 Å². The second-order valence-corrected chi connectivity index (χ2v) is 9.28. The second-order valence-electron chi connectivity index (χ2n) is 7.70. The van der Waals surface area contributed by atoms with E-state index >= 15 is 0 Å². The quantitative estimate of drug-likeness (QED) is 0.276. The highest BCUT2D eigenvalue weighted by Crippen LogP contribution is 2.31. The van der Waals surface area contributed by atoms with E-state index in [0.717, 1.165) is 48.4 Å². The van der Waals surface area contributed by atoms with Crippen molar-refractivity contribution in [1.82, 2.24) is 9.55 Å². The Hall–Kier alpha value is -2.98. The molecule has 4 rings (SSSR count). The number of rotatable bonds is 10. The molecule has 0 bridgehead atoms. The lowest BCUT2D eigenvalue weighted by molar-refractivity contribution is 0.604. The maximum Gasteiger partial charge on any atom is 0.0963 e. The van der Waals surface area contributed by atoms with Crippen molar-refractivity contribution in [2.75, 3.05) is 5.75 Å². The third-order valence-corrected chi connectivity index (χ3v) is 6.77.